The number of aliphatic imine (C=N–C) groups is 1. The molecule has 0 aromatic heterocycles. The van der Waals surface area contributed by atoms with Crippen LogP contribution < -0.4 is 20.9 Å². The van der Waals surface area contributed by atoms with E-state index in [-0.39, 0.29) is 0 Å². The summed E-state index contributed by atoms with van der Waals surface area (Å²) in [6.45, 7) is 0.920. The van der Waals surface area contributed by atoms with Crippen LogP contribution in [-0.2, 0) is 0 Å². The van der Waals surface area contributed by atoms with Crippen molar-refractivity contribution in [2.45, 2.75) is 32.1 Å². The van der Waals surface area contributed by atoms with E-state index in [2.05, 4.69) is 102 Å². The van der Waals surface area contributed by atoms with Gasteiger partial charge in [0.2, 0.25) is 0 Å². The number of hydrogen-bond donors (Lipinski definition) is 0. The smallest absolute Gasteiger partial charge is 0.0429 e. The number of nitrogens with zero attached hydrogens (tertiary/aromatic N) is 1. The molecule has 4 aliphatic carbocycles. The second-order valence-corrected chi connectivity index (χ2v) is 10.4. The molecule has 0 saturated carbocycles. The van der Waals surface area contributed by atoms with E-state index in [1.807, 2.05) is 6.21 Å². The lowest BCUT2D eigenvalue weighted by Crippen LogP contribution is -2.42. The summed E-state index contributed by atoms with van der Waals surface area (Å²) in [5.74, 6) is 0.761. The van der Waals surface area contributed by atoms with Crippen molar-refractivity contribution in [3.63, 3.8) is 0 Å². The van der Waals surface area contributed by atoms with Crippen LogP contribution in [0.2, 0.25) is 0 Å². The quantitative estimate of drug-likeness (QED) is 0.616. The molecule has 1 nitrogen and oxygen atoms in total. The molecule has 0 saturated heterocycles. The van der Waals surface area contributed by atoms with Gasteiger partial charge in [0.15, 0.2) is 0 Å². The Morgan fingerprint density at radius 2 is 1.28 bits per heavy atom. The molecule has 2 atom stereocenters. The largest absolute Gasteiger partial charge is 0.293 e. The molecule has 36 heavy (non-hydrogen) atoms. The van der Waals surface area contributed by atoms with Gasteiger partial charge in [0, 0.05) is 24.6 Å². The van der Waals surface area contributed by atoms with Gasteiger partial charge in [-0.25, -0.2) is 0 Å². The highest BCUT2D eigenvalue weighted by atomic mass is 14.7. The number of dihydropyridines is 1. The lowest BCUT2D eigenvalue weighted by atomic mass is 9.68. The molecular weight excluding hydrogens is 434 g/mol. The van der Waals surface area contributed by atoms with E-state index in [4.69, 9.17) is 0 Å². The summed E-state index contributed by atoms with van der Waals surface area (Å²) in [4.78, 5) is 4.37. The number of benzene rings is 2. The summed E-state index contributed by atoms with van der Waals surface area (Å²) >= 11 is 0. The molecule has 0 fully saturated rings. The van der Waals surface area contributed by atoms with Gasteiger partial charge in [-0.3, -0.25) is 4.99 Å². The zero-order chi connectivity index (χ0) is 23.9. The third-order valence-electron chi connectivity index (χ3n) is 8.48. The summed E-state index contributed by atoms with van der Waals surface area (Å²) in [5.41, 5.74) is 9.08. The Morgan fingerprint density at radius 1 is 0.611 bits per heavy atom. The van der Waals surface area contributed by atoms with Crippen LogP contribution in [0.1, 0.15) is 32.1 Å². The van der Waals surface area contributed by atoms with Gasteiger partial charge < -0.3 is 0 Å². The first-order chi connectivity index (χ1) is 17.9. The van der Waals surface area contributed by atoms with Crippen LogP contribution in [0.3, 0.4) is 0 Å². The first kappa shape index (κ1) is 21.6. The minimum Gasteiger partial charge on any atom is -0.293 e. The number of allylic oxidation sites excluding steroid dienone is 9. The van der Waals surface area contributed by atoms with Crippen LogP contribution in [0.15, 0.2) is 113 Å². The Hall–Kier alpha value is -3.71. The van der Waals surface area contributed by atoms with Gasteiger partial charge in [0.05, 0.1) is 0 Å². The highest BCUT2D eigenvalue weighted by molar-refractivity contribution is 5.94. The van der Waals surface area contributed by atoms with Crippen LogP contribution in [0, 0.1) is 11.8 Å². The molecule has 7 rings (SSSR count). The third-order valence-corrected chi connectivity index (χ3v) is 8.48. The van der Waals surface area contributed by atoms with E-state index in [1.54, 1.807) is 11.1 Å². The van der Waals surface area contributed by atoms with E-state index >= 15 is 0 Å². The molecule has 0 amide bonds. The molecule has 0 spiro atoms. The number of hydrogen-bond acceptors (Lipinski definition) is 1. The maximum absolute atomic E-state index is 4.37. The second kappa shape index (κ2) is 9.06. The average molecular weight is 466 g/mol. The molecule has 1 aliphatic heterocycles. The number of fused-ring (bicyclic) bond motifs is 3. The molecule has 0 N–H and O–H groups in total. The first-order valence-corrected chi connectivity index (χ1v) is 13.5. The van der Waals surface area contributed by atoms with Crippen molar-refractivity contribution in [2.75, 3.05) is 6.54 Å². The molecule has 1 heterocycles. The standard InChI is InChI=1S/C35H31N/c1-2-10-28-26(8-1)9-7-15-29(28)35-32-13-5-3-11-30(32)34(31-12-4-6-14-33(31)35)27-18-16-24(17-19-27)25-20-22-36-23-21-25/h1-6,8-14,16,18,20,22,30,32H,7,15,17,19,21,23H2. The number of rotatable bonds is 3. The molecule has 2 aromatic carbocycles. The predicted octanol–water partition coefficient (Wildman–Crippen LogP) is 4.83. The minimum absolute atomic E-state index is 0.379. The average Bonchev–Trinajstić information content (AvgIpc) is 2.96. The first-order valence-electron chi connectivity index (χ1n) is 13.5. The normalized spacial score (nSPS) is 24.2. The zero-order valence-electron chi connectivity index (χ0n) is 20.7. The van der Waals surface area contributed by atoms with Crippen molar-refractivity contribution >= 4 is 29.0 Å². The fourth-order valence-corrected chi connectivity index (χ4v) is 6.84. The summed E-state index contributed by atoms with van der Waals surface area (Å²) in [6.07, 6.45) is 26.4. The highest BCUT2D eigenvalue weighted by Crippen LogP contribution is 2.43. The van der Waals surface area contributed by atoms with Crippen molar-refractivity contribution in [3.05, 3.63) is 129 Å². The lowest BCUT2D eigenvalue weighted by Gasteiger charge is -2.36. The van der Waals surface area contributed by atoms with E-state index < -0.39 is 0 Å². The van der Waals surface area contributed by atoms with Crippen LogP contribution in [-0.4, -0.2) is 12.8 Å². The van der Waals surface area contributed by atoms with Crippen molar-refractivity contribution in [1.82, 2.24) is 0 Å². The Bertz CT molecular complexity index is 1680. The van der Waals surface area contributed by atoms with E-state index in [0.717, 1.165) is 38.6 Å². The minimum atomic E-state index is 0.379. The van der Waals surface area contributed by atoms with Gasteiger partial charge in [-0.2, -0.15) is 0 Å². The molecule has 0 radical (unpaired) electrons. The van der Waals surface area contributed by atoms with Gasteiger partial charge in [0.25, 0.3) is 0 Å². The van der Waals surface area contributed by atoms with Gasteiger partial charge in [0.1, 0.15) is 0 Å². The molecule has 176 valence electrons. The van der Waals surface area contributed by atoms with Crippen LogP contribution in [0.4, 0.5) is 0 Å². The summed E-state index contributed by atoms with van der Waals surface area (Å²) in [7, 11) is 0. The molecule has 2 aromatic rings. The van der Waals surface area contributed by atoms with E-state index in [9.17, 15) is 0 Å². The van der Waals surface area contributed by atoms with Gasteiger partial charge in [-0.1, -0.05) is 91.1 Å². The Balaban J connectivity index is 1.49. The lowest BCUT2D eigenvalue weighted by molar-refractivity contribution is 0.680. The van der Waals surface area contributed by atoms with Crippen molar-refractivity contribution < 1.29 is 0 Å². The summed E-state index contributed by atoms with van der Waals surface area (Å²) in [6, 6.07) is 18.2. The van der Waals surface area contributed by atoms with Crippen LogP contribution in [0.25, 0.3) is 22.8 Å². The third kappa shape index (κ3) is 3.57. The van der Waals surface area contributed by atoms with Crippen LogP contribution >= 0.6 is 0 Å². The van der Waals surface area contributed by atoms with Crippen molar-refractivity contribution in [2.24, 2.45) is 16.8 Å². The molecule has 1 heteroatoms. The van der Waals surface area contributed by atoms with Crippen LogP contribution in [0.5, 0.6) is 0 Å². The van der Waals surface area contributed by atoms with Crippen molar-refractivity contribution in [1.29, 1.82) is 0 Å². The zero-order valence-corrected chi connectivity index (χ0v) is 20.7. The monoisotopic (exact) mass is 465 g/mol. The van der Waals surface area contributed by atoms with Crippen molar-refractivity contribution in [3.8, 4) is 0 Å². The second-order valence-electron chi connectivity index (χ2n) is 10.4. The summed E-state index contributed by atoms with van der Waals surface area (Å²) in [5, 5.41) is 5.68. The van der Waals surface area contributed by atoms with Gasteiger partial charge in [-0.15, -0.1) is 0 Å². The molecule has 5 aliphatic rings. The Morgan fingerprint density at radius 3 is 2.03 bits per heavy atom. The van der Waals surface area contributed by atoms with Gasteiger partial charge >= 0.3 is 0 Å². The maximum atomic E-state index is 4.37. The van der Waals surface area contributed by atoms with E-state index in [0.29, 0.717) is 11.8 Å². The molecular formula is C35H31N. The van der Waals surface area contributed by atoms with E-state index in [1.165, 1.54) is 43.2 Å². The fraction of sp³-hybridized carbons (Fsp3) is 0.229. The molecule has 2 unspecified atom stereocenters. The Kier molecular flexibility index (Phi) is 5.43. The van der Waals surface area contributed by atoms with Gasteiger partial charge in [-0.05, 0) is 92.5 Å². The highest BCUT2D eigenvalue weighted by Gasteiger charge is 2.33. The summed E-state index contributed by atoms with van der Waals surface area (Å²) < 4.78 is 0. The molecule has 0 bridgehead atoms. The topological polar surface area (TPSA) is 12.4 Å². The fourth-order valence-electron chi connectivity index (χ4n) is 6.84. The Labute approximate surface area is 213 Å². The maximum Gasteiger partial charge on any atom is 0.0429 e. The predicted molar refractivity (Wildman–Crippen MR) is 152 cm³/mol. The SMILES string of the molecule is C1=CC2C(C3=CC=C(C4=CC=NCC4)CC3)=c3ccccc3=C(C3=c4ccccc4=CCC3)C2C=C1.